The third-order valence-corrected chi connectivity index (χ3v) is 14.0. The van der Waals surface area contributed by atoms with Crippen molar-refractivity contribution < 1.29 is 19.1 Å². The summed E-state index contributed by atoms with van der Waals surface area (Å²) in [5.41, 5.74) is 1.56. The lowest BCUT2D eigenvalue weighted by molar-refractivity contribution is -0.218. The van der Waals surface area contributed by atoms with E-state index in [0.717, 1.165) is 51.1 Å². The number of fused-ring (bicyclic) bond motifs is 7. The lowest BCUT2D eigenvalue weighted by Gasteiger charge is -2.69. The molecule has 3 unspecified atom stereocenters. The van der Waals surface area contributed by atoms with Crippen LogP contribution in [0.15, 0.2) is 12.2 Å². The lowest BCUT2D eigenvalue weighted by Crippen LogP contribution is -2.64. The summed E-state index contributed by atoms with van der Waals surface area (Å²) in [5.74, 6) is 3.43. The molecule has 6 rings (SSSR count). The number of ether oxygens (including phenoxy) is 2. The zero-order valence-corrected chi connectivity index (χ0v) is 25.4. The van der Waals surface area contributed by atoms with Gasteiger partial charge in [0.15, 0.2) is 6.29 Å². The lowest BCUT2D eigenvalue weighted by atomic mass is 9.35. The van der Waals surface area contributed by atoms with Crippen molar-refractivity contribution in [3.63, 3.8) is 0 Å². The molecule has 0 bridgehead atoms. The number of Topliss-reactive ketones (excluding diaryl/α,β-unsaturated/α-hetero) is 1. The van der Waals surface area contributed by atoms with Gasteiger partial charge in [-0.1, -0.05) is 39.8 Å². The second-order valence-electron chi connectivity index (χ2n) is 16.1. The van der Waals surface area contributed by atoms with Gasteiger partial charge < -0.3 is 14.3 Å². The van der Waals surface area contributed by atoms with Gasteiger partial charge in [0.1, 0.15) is 12.1 Å². The van der Waals surface area contributed by atoms with E-state index in [-0.39, 0.29) is 28.3 Å². The van der Waals surface area contributed by atoms with Crippen LogP contribution in [0, 0.1) is 63.1 Å². The number of hydrogen-bond donors (Lipinski definition) is 0. The maximum atomic E-state index is 13.3. The van der Waals surface area contributed by atoms with Crippen molar-refractivity contribution >= 4 is 12.1 Å². The molecule has 6 aliphatic rings. The monoisotopic (exact) mass is 538 g/mol. The summed E-state index contributed by atoms with van der Waals surface area (Å²) in [4.78, 5) is 25.4. The predicted molar refractivity (Wildman–Crippen MR) is 154 cm³/mol. The first kappa shape index (κ1) is 28.1. The fourth-order valence-corrected chi connectivity index (χ4v) is 12.5. The average Bonchev–Trinajstić information content (AvgIpc) is 3.31. The molecule has 4 nitrogen and oxygen atoms in total. The van der Waals surface area contributed by atoms with Crippen molar-refractivity contribution in [3.8, 4) is 0 Å². The van der Waals surface area contributed by atoms with Crippen molar-refractivity contribution in [3.05, 3.63) is 12.2 Å². The third-order valence-electron chi connectivity index (χ3n) is 14.0. The molecule has 1 aliphatic heterocycles. The first-order valence-corrected chi connectivity index (χ1v) is 16.4. The highest BCUT2D eigenvalue weighted by Gasteiger charge is 2.68. The first-order chi connectivity index (χ1) is 18.5. The number of ketones is 1. The van der Waals surface area contributed by atoms with Gasteiger partial charge in [-0.2, -0.15) is 0 Å². The van der Waals surface area contributed by atoms with Crippen molar-refractivity contribution in [2.24, 2.45) is 63.1 Å². The largest absolute Gasteiger partial charge is 0.353 e. The highest BCUT2D eigenvalue weighted by molar-refractivity contribution is 5.97. The molecule has 0 radical (unpaired) electrons. The van der Waals surface area contributed by atoms with Crippen LogP contribution in [0.3, 0.4) is 0 Å². The van der Waals surface area contributed by atoms with Crippen LogP contribution in [-0.2, 0) is 19.1 Å². The molecule has 5 saturated carbocycles. The van der Waals surface area contributed by atoms with Gasteiger partial charge in [0.05, 0.1) is 12.5 Å². The summed E-state index contributed by atoms with van der Waals surface area (Å²) in [5, 5.41) is 0. The van der Waals surface area contributed by atoms with Crippen LogP contribution in [-0.4, -0.2) is 31.6 Å². The van der Waals surface area contributed by atoms with E-state index in [4.69, 9.17) is 9.47 Å². The number of rotatable bonds is 5. The highest BCUT2D eigenvalue weighted by atomic mass is 16.7. The minimum atomic E-state index is -0.429. The number of aldehydes is 1. The normalized spacial score (nSPS) is 50.7. The molecule has 39 heavy (non-hydrogen) atoms. The minimum Gasteiger partial charge on any atom is -0.353 e. The number of allylic oxidation sites excluding steroid dienone is 1. The molecule has 0 aromatic rings. The summed E-state index contributed by atoms with van der Waals surface area (Å²) < 4.78 is 12.6. The Kier molecular flexibility index (Phi) is 7.06. The molecule has 218 valence electrons. The molecule has 0 amide bonds. The van der Waals surface area contributed by atoms with Crippen LogP contribution in [0.25, 0.3) is 0 Å². The molecular weight excluding hydrogens is 484 g/mol. The van der Waals surface area contributed by atoms with Gasteiger partial charge in [0, 0.05) is 12.0 Å². The number of carbonyl (C=O) groups excluding carboxylic acids is 2. The Morgan fingerprint density at radius 1 is 0.974 bits per heavy atom. The van der Waals surface area contributed by atoms with Crippen molar-refractivity contribution in [1.29, 1.82) is 0 Å². The highest BCUT2D eigenvalue weighted by Crippen LogP contribution is 2.73. The smallest absolute Gasteiger partial charge is 0.157 e. The fraction of sp³-hybridized carbons (Fsp3) is 0.886. The summed E-state index contributed by atoms with van der Waals surface area (Å²) in [6.07, 6.45) is 15.1. The van der Waals surface area contributed by atoms with Gasteiger partial charge >= 0.3 is 0 Å². The van der Waals surface area contributed by atoms with Gasteiger partial charge in [0.25, 0.3) is 0 Å². The fourth-order valence-electron chi connectivity index (χ4n) is 12.5. The van der Waals surface area contributed by atoms with Crippen LogP contribution < -0.4 is 0 Å². The molecule has 0 spiro atoms. The Morgan fingerprint density at radius 2 is 1.74 bits per heavy atom. The zero-order chi connectivity index (χ0) is 27.8. The van der Waals surface area contributed by atoms with E-state index >= 15 is 0 Å². The van der Waals surface area contributed by atoms with E-state index in [2.05, 4.69) is 41.2 Å². The molecule has 0 N–H and O–H groups in total. The van der Waals surface area contributed by atoms with Gasteiger partial charge in [-0.15, -0.1) is 0 Å². The van der Waals surface area contributed by atoms with E-state index in [1.807, 2.05) is 0 Å². The van der Waals surface area contributed by atoms with Crippen LogP contribution in [0.1, 0.15) is 112 Å². The third kappa shape index (κ3) is 4.11. The van der Waals surface area contributed by atoms with E-state index < -0.39 is 11.3 Å². The molecule has 1 heterocycles. The molecular formula is C35H54O4. The Bertz CT molecular complexity index is 995. The van der Waals surface area contributed by atoms with Gasteiger partial charge in [-0.25, -0.2) is 0 Å². The summed E-state index contributed by atoms with van der Waals surface area (Å²) in [6, 6.07) is 0. The van der Waals surface area contributed by atoms with Crippen LogP contribution in [0.2, 0.25) is 0 Å². The molecule has 11 atom stereocenters. The summed E-state index contributed by atoms with van der Waals surface area (Å²) >= 11 is 0. The SMILES string of the molecule is C=C(C)[C@@H]1CC[C@]2(COC3CCCCO3)CCC3[C@H](CC[C@@H]4[C@@]5(C)CC(C=O)C(=O)C(C)(C)[C@@H]5CC[C@@]34C)[C@@H]12. The van der Waals surface area contributed by atoms with E-state index in [1.54, 1.807) is 0 Å². The summed E-state index contributed by atoms with van der Waals surface area (Å²) in [6.45, 7) is 17.9. The van der Waals surface area contributed by atoms with E-state index in [0.29, 0.717) is 29.6 Å². The van der Waals surface area contributed by atoms with Crippen molar-refractivity contribution in [2.75, 3.05) is 13.2 Å². The average molecular weight is 539 g/mol. The standard InChI is InChI=1S/C35H54O4/c1-22(2)24-12-16-35(21-39-29-9-7-8-18-38-29)17-13-26-25(30(24)35)10-11-28-33(26,5)15-14-27-32(3,4)31(37)23(20-36)19-34(27,28)6/h20,23-30H,1,7-19,21H2,2-6H3/t23?,24-,25-,26?,27-,28-,29?,30+,33-,34-,35+/m0/s1. The zero-order valence-electron chi connectivity index (χ0n) is 25.4. The van der Waals surface area contributed by atoms with E-state index in [9.17, 15) is 9.59 Å². The number of hydrogen-bond acceptors (Lipinski definition) is 4. The summed E-state index contributed by atoms with van der Waals surface area (Å²) in [7, 11) is 0. The van der Waals surface area contributed by atoms with Crippen LogP contribution in [0.4, 0.5) is 0 Å². The molecule has 5 aliphatic carbocycles. The van der Waals surface area contributed by atoms with Gasteiger partial charge in [-0.05, 0) is 136 Å². The molecule has 4 heteroatoms. The van der Waals surface area contributed by atoms with Crippen molar-refractivity contribution in [2.45, 2.75) is 118 Å². The second kappa shape index (κ2) is 9.79. The van der Waals surface area contributed by atoms with Crippen LogP contribution in [0.5, 0.6) is 0 Å². The Hall–Kier alpha value is -1.00. The molecule has 1 saturated heterocycles. The molecule has 0 aromatic carbocycles. The Balaban J connectivity index is 1.30. The Morgan fingerprint density at radius 3 is 2.44 bits per heavy atom. The Labute approximate surface area is 237 Å². The second-order valence-corrected chi connectivity index (χ2v) is 16.1. The minimum absolute atomic E-state index is 0.0120. The maximum absolute atomic E-state index is 13.3. The predicted octanol–water partition coefficient (Wildman–Crippen LogP) is 7.79. The van der Waals surface area contributed by atoms with Gasteiger partial charge in [0.2, 0.25) is 0 Å². The van der Waals surface area contributed by atoms with Crippen molar-refractivity contribution in [1.82, 2.24) is 0 Å². The van der Waals surface area contributed by atoms with E-state index in [1.165, 1.54) is 56.9 Å². The molecule has 6 fully saturated rings. The maximum Gasteiger partial charge on any atom is 0.157 e. The number of carbonyl (C=O) groups is 2. The quantitative estimate of drug-likeness (QED) is 0.204. The van der Waals surface area contributed by atoms with Gasteiger partial charge in [-0.3, -0.25) is 4.79 Å². The van der Waals surface area contributed by atoms with Crippen LogP contribution >= 0.6 is 0 Å². The first-order valence-electron chi connectivity index (χ1n) is 16.4. The topological polar surface area (TPSA) is 52.6 Å². The molecule has 0 aromatic heterocycles.